The second-order valence-electron chi connectivity index (χ2n) is 2.08. The third kappa shape index (κ3) is 0.329. The fourth-order valence-electron chi connectivity index (χ4n) is 1.10. The van der Waals surface area contributed by atoms with Crippen LogP contribution >= 0.6 is 0 Å². The molecule has 0 N–H and O–H groups in total. The van der Waals surface area contributed by atoms with Gasteiger partial charge in [-0.25, -0.2) is 0 Å². The van der Waals surface area contributed by atoms with Crippen LogP contribution in [-0.4, -0.2) is 7.28 Å². The van der Waals surface area contributed by atoms with E-state index < -0.39 is 0 Å². The third-order valence-electron chi connectivity index (χ3n) is 1.63. The van der Waals surface area contributed by atoms with E-state index in [1.54, 1.807) is 11.1 Å². The lowest BCUT2D eigenvalue weighted by molar-refractivity contribution is 1.36. The third-order valence-corrected chi connectivity index (χ3v) is 1.63. The molecule has 0 aromatic carbocycles. The first-order valence-electron chi connectivity index (χ1n) is 2.68. The summed E-state index contributed by atoms with van der Waals surface area (Å²) in [6.07, 6.45) is 6.87. The lowest BCUT2D eigenvalue weighted by Crippen LogP contribution is -1.83. The Kier molecular flexibility index (Phi) is 0.520. The Morgan fingerprint density at radius 1 is 1.14 bits per heavy atom. The van der Waals surface area contributed by atoms with E-state index in [0.29, 0.717) is 0 Å². The van der Waals surface area contributed by atoms with Gasteiger partial charge in [0.25, 0.3) is 0 Å². The van der Waals surface area contributed by atoms with Crippen LogP contribution in [0.4, 0.5) is 0 Å². The minimum atomic E-state index is 1.23. The molecule has 0 spiro atoms. The van der Waals surface area contributed by atoms with Crippen molar-refractivity contribution in [2.24, 2.45) is 0 Å². The zero-order chi connectivity index (χ0) is 4.69. The number of hydrogen-bond donors (Lipinski definition) is 0. The molecule has 0 aromatic rings. The molecule has 1 aliphatic carbocycles. The summed E-state index contributed by atoms with van der Waals surface area (Å²) in [6, 6.07) is 0. The van der Waals surface area contributed by atoms with Gasteiger partial charge in [0.1, 0.15) is 7.28 Å². The highest BCUT2D eigenvalue weighted by Crippen LogP contribution is 2.31. The van der Waals surface area contributed by atoms with Crippen LogP contribution in [-0.2, 0) is 0 Å². The molecule has 1 aliphatic heterocycles. The van der Waals surface area contributed by atoms with Gasteiger partial charge in [-0.05, 0) is 0 Å². The predicted molar refractivity (Wildman–Crippen MR) is 31.5 cm³/mol. The second-order valence-corrected chi connectivity index (χ2v) is 2.08. The van der Waals surface area contributed by atoms with E-state index in [2.05, 4.69) is 19.4 Å². The van der Waals surface area contributed by atoms with Gasteiger partial charge in [-0.15, -0.1) is 0 Å². The van der Waals surface area contributed by atoms with Crippen LogP contribution < -0.4 is 0 Å². The van der Waals surface area contributed by atoms with Crippen molar-refractivity contribution < 1.29 is 0 Å². The van der Waals surface area contributed by atoms with Crippen LogP contribution in [0.2, 0.25) is 12.6 Å². The van der Waals surface area contributed by atoms with Crippen LogP contribution in [0, 0.1) is 0 Å². The highest BCUT2D eigenvalue weighted by atomic mass is 14.1. The molecule has 0 saturated heterocycles. The summed E-state index contributed by atoms with van der Waals surface area (Å²) in [5.74, 6) is 0. The van der Waals surface area contributed by atoms with Crippen molar-refractivity contribution in [3.8, 4) is 0 Å². The minimum absolute atomic E-state index is 1.23. The summed E-state index contributed by atoms with van der Waals surface area (Å²) in [5.41, 5.74) is 3.14. The summed E-state index contributed by atoms with van der Waals surface area (Å²) in [6.45, 7) is 0. The van der Waals surface area contributed by atoms with Gasteiger partial charge in [0, 0.05) is 0 Å². The lowest BCUT2D eigenvalue weighted by Gasteiger charge is -2.04. The normalized spacial score (nSPS) is 24.0. The van der Waals surface area contributed by atoms with Crippen molar-refractivity contribution in [3.63, 3.8) is 0 Å². The standard InChI is InChI=1S/C6H6B/c1-2-6-4-7-3-5(1)6/h1-2H,3-4H2. The lowest BCUT2D eigenvalue weighted by atomic mass is 9.75. The molecular weight excluding hydrogens is 82.9 g/mol. The van der Waals surface area contributed by atoms with Gasteiger partial charge in [-0.1, -0.05) is 35.9 Å². The zero-order valence-electron chi connectivity index (χ0n) is 4.15. The Hall–Kier alpha value is -0.455. The molecule has 0 fully saturated rings. The summed E-state index contributed by atoms with van der Waals surface area (Å²) >= 11 is 0. The number of allylic oxidation sites excluding steroid dienone is 4. The van der Waals surface area contributed by atoms with Gasteiger partial charge in [-0.3, -0.25) is 0 Å². The van der Waals surface area contributed by atoms with Crippen molar-refractivity contribution in [2.75, 3.05) is 0 Å². The van der Waals surface area contributed by atoms with Crippen LogP contribution in [0.15, 0.2) is 23.3 Å². The summed E-state index contributed by atoms with van der Waals surface area (Å²) < 4.78 is 0. The monoisotopic (exact) mass is 89.1 g/mol. The van der Waals surface area contributed by atoms with E-state index in [0.717, 1.165) is 0 Å². The van der Waals surface area contributed by atoms with E-state index in [4.69, 9.17) is 0 Å². The maximum atomic E-state index is 2.32. The molecule has 1 heterocycles. The van der Waals surface area contributed by atoms with Crippen molar-refractivity contribution >= 4 is 7.28 Å². The first-order chi connectivity index (χ1) is 3.47. The van der Waals surface area contributed by atoms with Crippen LogP contribution in [0.1, 0.15) is 0 Å². The topological polar surface area (TPSA) is 0 Å². The van der Waals surface area contributed by atoms with Gasteiger partial charge in [-0.2, -0.15) is 0 Å². The molecule has 0 amide bonds. The first kappa shape index (κ1) is 3.53. The van der Waals surface area contributed by atoms with Crippen molar-refractivity contribution in [3.05, 3.63) is 23.3 Å². The minimum Gasteiger partial charge on any atom is -0.0593 e. The van der Waals surface area contributed by atoms with Crippen molar-refractivity contribution in [1.29, 1.82) is 0 Å². The van der Waals surface area contributed by atoms with E-state index in [1.165, 1.54) is 12.6 Å². The molecule has 1 radical (unpaired) electrons. The van der Waals surface area contributed by atoms with E-state index in [9.17, 15) is 0 Å². The predicted octanol–water partition coefficient (Wildman–Crippen LogP) is 1.41. The Morgan fingerprint density at radius 2 is 1.71 bits per heavy atom. The largest absolute Gasteiger partial charge is 0.121 e. The molecular formula is C6H6B. The van der Waals surface area contributed by atoms with Crippen LogP contribution in [0.3, 0.4) is 0 Å². The van der Waals surface area contributed by atoms with Crippen LogP contribution in [0.5, 0.6) is 0 Å². The Bertz CT molecular complexity index is 138. The summed E-state index contributed by atoms with van der Waals surface area (Å²) in [4.78, 5) is 0. The molecule has 2 aliphatic rings. The summed E-state index contributed by atoms with van der Waals surface area (Å²) in [7, 11) is 2.32. The molecule has 0 bridgehead atoms. The number of hydrogen-bond acceptors (Lipinski definition) is 0. The van der Waals surface area contributed by atoms with Gasteiger partial charge in [0.2, 0.25) is 0 Å². The maximum Gasteiger partial charge on any atom is 0.121 e. The van der Waals surface area contributed by atoms with Gasteiger partial charge >= 0.3 is 0 Å². The van der Waals surface area contributed by atoms with Crippen molar-refractivity contribution in [1.82, 2.24) is 0 Å². The average Bonchev–Trinajstić information content (AvgIpc) is 1.85. The second kappa shape index (κ2) is 1.03. The molecule has 0 saturated carbocycles. The first-order valence-corrected chi connectivity index (χ1v) is 2.68. The molecule has 0 nitrogen and oxygen atoms in total. The highest BCUT2D eigenvalue weighted by Gasteiger charge is 2.15. The Labute approximate surface area is 44.2 Å². The van der Waals surface area contributed by atoms with Crippen molar-refractivity contribution in [2.45, 2.75) is 12.6 Å². The average molecular weight is 88.9 g/mol. The highest BCUT2D eigenvalue weighted by molar-refractivity contribution is 6.40. The van der Waals surface area contributed by atoms with Gasteiger partial charge in [0.05, 0.1) is 0 Å². The Morgan fingerprint density at radius 3 is 2.00 bits per heavy atom. The Balaban J connectivity index is 2.31. The molecule has 7 heavy (non-hydrogen) atoms. The molecule has 33 valence electrons. The fraction of sp³-hybridized carbons (Fsp3) is 0.333. The van der Waals surface area contributed by atoms with E-state index >= 15 is 0 Å². The molecule has 2 rings (SSSR count). The molecule has 0 aromatic heterocycles. The molecule has 1 heteroatoms. The number of rotatable bonds is 0. The fourth-order valence-corrected chi connectivity index (χ4v) is 1.10. The maximum absolute atomic E-state index is 2.32. The smallest absolute Gasteiger partial charge is 0.0593 e. The van der Waals surface area contributed by atoms with Gasteiger partial charge in [0.15, 0.2) is 0 Å². The van der Waals surface area contributed by atoms with Crippen LogP contribution in [0.25, 0.3) is 0 Å². The zero-order valence-corrected chi connectivity index (χ0v) is 4.15. The van der Waals surface area contributed by atoms with E-state index in [-0.39, 0.29) is 0 Å². The van der Waals surface area contributed by atoms with Gasteiger partial charge < -0.3 is 0 Å². The quantitative estimate of drug-likeness (QED) is 0.393. The molecule has 0 unspecified atom stereocenters. The van der Waals surface area contributed by atoms with E-state index in [1.807, 2.05) is 0 Å². The summed E-state index contributed by atoms with van der Waals surface area (Å²) in [5, 5.41) is 0. The SMILES string of the molecule is [B]1CC2=C(C=C2)C1. The molecule has 0 atom stereocenters.